The van der Waals surface area contributed by atoms with Crippen LogP contribution < -0.4 is 0 Å². The number of rotatable bonds is 0. The highest BCUT2D eigenvalue weighted by atomic mass is 127. The zero-order chi connectivity index (χ0) is 7.72. The van der Waals surface area contributed by atoms with Crippen LogP contribution in [0.2, 0.25) is 10.0 Å². The van der Waals surface area contributed by atoms with Crippen LogP contribution in [0.25, 0.3) is 0 Å². The molecule has 0 fully saturated rings. The van der Waals surface area contributed by atoms with E-state index in [0.29, 0.717) is 10.0 Å². The molecule has 0 saturated carbocycles. The fourth-order valence-corrected chi connectivity index (χ4v) is 3.04. The average molecular weight is 399 g/mol. The third-order valence-electron chi connectivity index (χ3n) is 0.949. The maximum Gasteiger partial charge on any atom is 0.0726 e. The summed E-state index contributed by atoms with van der Waals surface area (Å²) in [6.07, 6.45) is 0. The van der Waals surface area contributed by atoms with Gasteiger partial charge in [0.25, 0.3) is 0 Å². The van der Waals surface area contributed by atoms with Crippen LogP contribution in [0.1, 0.15) is 0 Å². The molecule has 0 aliphatic carbocycles. The van der Waals surface area contributed by atoms with Crippen LogP contribution >= 0.6 is 68.4 Å². The molecule has 0 amide bonds. The summed E-state index contributed by atoms with van der Waals surface area (Å²) in [4.78, 5) is 0. The monoisotopic (exact) mass is 398 g/mol. The summed E-state index contributed by atoms with van der Waals surface area (Å²) in [6, 6.07) is 3.82. The Balaban J connectivity index is 3.31. The van der Waals surface area contributed by atoms with Crippen molar-refractivity contribution in [2.75, 3.05) is 0 Å². The quantitative estimate of drug-likeness (QED) is 0.349. The minimum Gasteiger partial charge on any atom is -0.0826 e. The minimum atomic E-state index is 0.623. The highest BCUT2D eigenvalue weighted by Gasteiger charge is 2.02. The SMILES string of the molecule is Clc1cc(I)cc(I)c1Cl. The fraction of sp³-hybridized carbons (Fsp3) is 0. The number of benzene rings is 1. The molecular formula is C6H2Cl2I2. The van der Waals surface area contributed by atoms with E-state index < -0.39 is 0 Å². The van der Waals surface area contributed by atoms with Crippen molar-refractivity contribution >= 4 is 68.4 Å². The highest BCUT2D eigenvalue weighted by molar-refractivity contribution is 14.1. The van der Waals surface area contributed by atoms with Crippen molar-refractivity contribution in [1.29, 1.82) is 0 Å². The van der Waals surface area contributed by atoms with Gasteiger partial charge in [0.1, 0.15) is 0 Å². The summed E-state index contributed by atoms with van der Waals surface area (Å²) in [6.45, 7) is 0. The normalized spacial score (nSPS) is 10.0. The Hall–Kier alpha value is 1.26. The minimum absolute atomic E-state index is 0.623. The second-order valence-corrected chi connectivity index (χ2v) is 4.88. The third kappa shape index (κ3) is 2.12. The predicted octanol–water partition coefficient (Wildman–Crippen LogP) is 4.20. The Kier molecular flexibility index (Phi) is 3.53. The lowest BCUT2D eigenvalue weighted by Gasteiger charge is -1.98. The lowest BCUT2D eigenvalue weighted by atomic mass is 10.4. The Labute approximate surface area is 96.6 Å². The van der Waals surface area contributed by atoms with Crippen LogP contribution in [-0.4, -0.2) is 0 Å². The molecule has 0 bridgehead atoms. The molecule has 0 radical (unpaired) electrons. The maximum atomic E-state index is 5.81. The smallest absolute Gasteiger partial charge is 0.0726 e. The van der Waals surface area contributed by atoms with Gasteiger partial charge >= 0.3 is 0 Å². The van der Waals surface area contributed by atoms with Crippen molar-refractivity contribution in [3.8, 4) is 0 Å². The molecule has 0 nitrogen and oxygen atoms in total. The molecule has 10 heavy (non-hydrogen) atoms. The zero-order valence-electron chi connectivity index (χ0n) is 4.67. The largest absolute Gasteiger partial charge is 0.0826 e. The van der Waals surface area contributed by atoms with Gasteiger partial charge in [-0.05, 0) is 57.3 Å². The summed E-state index contributed by atoms with van der Waals surface area (Å²) in [5.41, 5.74) is 0. The van der Waals surface area contributed by atoms with Crippen LogP contribution in [0.5, 0.6) is 0 Å². The van der Waals surface area contributed by atoms with E-state index >= 15 is 0 Å². The Morgan fingerprint density at radius 2 is 1.70 bits per heavy atom. The molecule has 1 rings (SSSR count). The average Bonchev–Trinajstić information content (AvgIpc) is 1.82. The molecule has 1 aromatic rings. The van der Waals surface area contributed by atoms with Gasteiger partial charge in [0.05, 0.1) is 10.0 Å². The number of hydrogen-bond donors (Lipinski definition) is 0. The highest BCUT2D eigenvalue weighted by Crippen LogP contribution is 2.28. The zero-order valence-corrected chi connectivity index (χ0v) is 10.5. The molecule has 0 aliphatic heterocycles. The van der Waals surface area contributed by atoms with E-state index in [2.05, 4.69) is 45.2 Å². The Morgan fingerprint density at radius 1 is 1.10 bits per heavy atom. The molecule has 1 aromatic carbocycles. The van der Waals surface area contributed by atoms with E-state index in [1.807, 2.05) is 12.1 Å². The maximum absolute atomic E-state index is 5.81. The lowest BCUT2D eigenvalue weighted by Crippen LogP contribution is -1.78. The van der Waals surface area contributed by atoms with E-state index in [1.165, 1.54) is 0 Å². The van der Waals surface area contributed by atoms with Gasteiger partial charge in [-0.2, -0.15) is 0 Å². The molecule has 0 heterocycles. The number of hydrogen-bond acceptors (Lipinski definition) is 0. The molecule has 0 aromatic heterocycles. The first-order valence-corrected chi connectivity index (χ1v) is 5.32. The van der Waals surface area contributed by atoms with Gasteiger partial charge in [-0.1, -0.05) is 23.2 Å². The molecule has 0 unspecified atom stereocenters. The second-order valence-electron chi connectivity index (χ2n) is 1.68. The lowest BCUT2D eigenvalue weighted by molar-refractivity contribution is 1.59. The van der Waals surface area contributed by atoms with E-state index in [-0.39, 0.29) is 0 Å². The van der Waals surface area contributed by atoms with E-state index in [0.717, 1.165) is 7.14 Å². The topological polar surface area (TPSA) is 0 Å². The van der Waals surface area contributed by atoms with Crippen LogP contribution in [0.4, 0.5) is 0 Å². The van der Waals surface area contributed by atoms with Crippen LogP contribution in [-0.2, 0) is 0 Å². The van der Waals surface area contributed by atoms with Crippen LogP contribution in [0, 0.1) is 7.14 Å². The first-order chi connectivity index (χ1) is 4.61. The second kappa shape index (κ2) is 3.78. The van der Waals surface area contributed by atoms with Gasteiger partial charge in [0.15, 0.2) is 0 Å². The molecular weight excluding hydrogens is 397 g/mol. The third-order valence-corrected chi connectivity index (χ3v) is 3.54. The van der Waals surface area contributed by atoms with E-state index in [1.54, 1.807) is 0 Å². The van der Waals surface area contributed by atoms with Crippen molar-refractivity contribution < 1.29 is 0 Å². The summed E-state index contributed by atoms with van der Waals surface area (Å²) < 4.78 is 2.10. The summed E-state index contributed by atoms with van der Waals surface area (Å²) in [5, 5.41) is 1.26. The van der Waals surface area contributed by atoms with Gasteiger partial charge in [-0.25, -0.2) is 0 Å². The first kappa shape index (κ1) is 9.35. The van der Waals surface area contributed by atoms with Gasteiger partial charge in [-0.15, -0.1) is 0 Å². The Bertz CT molecular complexity index is 237. The molecule has 0 spiro atoms. The van der Waals surface area contributed by atoms with Crippen molar-refractivity contribution in [3.63, 3.8) is 0 Å². The summed E-state index contributed by atoms with van der Waals surface area (Å²) in [5.74, 6) is 0. The molecule has 0 aliphatic rings. The molecule has 0 N–H and O–H groups in total. The van der Waals surface area contributed by atoms with Crippen molar-refractivity contribution in [3.05, 3.63) is 29.3 Å². The van der Waals surface area contributed by atoms with Crippen LogP contribution in [0.15, 0.2) is 12.1 Å². The number of halogens is 4. The first-order valence-electron chi connectivity index (χ1n) is 2.41. The molecule has 0 saturated heterocycles. The van der Waals surface area contributed by atoms with E-state index in [4.69, 9.17) is 23.2 Å². The van der Waals surface area contributed by atoms with E-state index in [9.17, 15) is 0 Å². The van der Waals surface area contributed by atoms with Crippen molar-refractivity contribution in [2.24, 2.45) is 0 Å². The van der Waals surface area contributed by atoms with Gasteiger partial charge < -0.3 is 0 Å². The van der Waals surface area contributed by atoms with Gasteiger partial charge in [0.2, 0.25) is 0 Å². The van der Waals surface area contributed by atoms with Crippen LogP contribution in [0.3, 0.4) is 0 Å². The standard InChI is InChI=1S/C6H2Cl2I2/c7-4-1-3(9)2-5(10)6(4)8/h1-2H. The fourth-order valence-electron chi connectivity index (χ4n) is 0.525. The van der Waals surface area contributed by atoms with Gasteiger partial charge in [0, 0.05) is 7.14 Å². The molecule has 54 valence electrons. The molecule has 0 atom stereocenters. The summed E-state index contributed by atoms with van der Waals surface area (Å²) >= 11 is 15.9. The van der Waals surface area contributed by atoms with Crippen molar-refractivity contribution in [1.82, 2.24) is 0 Å². The molecule has 4 heteroatoms. The van der Waals surface area contributed by atoms with Gasteiger partial charge in [-0.3, -0.25) is 0 Å². The summed E-state index contributed by atoms with van der Waals surface area (Å²) in [7, 11) is 0. The van der Waals surface area contributed by atoms with Crippen molar-refractivity contribution in [2.45, 2.75) is 0 Å². The Morgan fingerprint density at radius 3 is 2.20 bits per heavy atom. The predicted molar refractivity (Wildman–Crippen MR) is 61.9 cm³/mol.